The van der Waals surface area contributed by atoms with Gasteiger partial charge in [-0.05, 0) is 49.9 Å². The molecule has 6 nitrogen and oxygen atoms in total. The number of rotatable bonds is 5. The van der Waals surface area contributed by atoms with Gasteiger partial charge in [-0.25, -0.2) is 23.1 Å². The molecule has 0 radical (unpaired) electrons. The molecule has 0 aromatic carbocycles. The summed E-state index contributed by atoms with van der Waals surface area (Å²) in [6, 6.07) is 0.148. The average Bonchev–Trinajstić information content (AvgIpc) is 2.85. The van der Waals surface area contributed by atoms with E-state index in [2.05, 4.69) is 20.0 Å². The zero-order chi connectivity index (χ0) is 14.6. The summed E-state index contributed by atoms with van der Waals surface area (Å²) in [5.74, 6) is 3.12. The molecule has 114 valence electrons. The predicted octanol–water partition coefficient (Wildman–Crippen LogP) is 1.23. The summed E-state index contributed by atoms with van der Waals surface area (Å²) in [6.45, 7) is 2.65. The van der Waals surface area contributed by atoms with Crippen LogP contribution in [-0.2, 0) is 10.0 Å². The fourth-order valence-electron chi connectivity index (χ4n) is 4.43. The van der Waals surface area contributed by atoms with Gasteiger partial charge in [0.2, 0.25) is 16.0 Å². The molecule has 2 bridgehead atoms. The van der Waals surface area contributed by atoms with E-state index in [0.717, 1.165) is 11.8 Å². The number of anilines is 1. The van der Waals surface area contributed by atoms with E-state index in [-0.39, 0.29) is 10.9 Å². The van der Waals surface area contributed by atoms with Crippen LogP contribution < -0.4 is 10.0 Å². The monoisotopic (exact) mass is 308 g/mol. The van der Waals surface area contributed by atoms with Crippen LogP contribution in [-0.4, -0.2) is 31.0 Å². The Labute approximate surface area is 124 Å². The summed E-state index contributed by atoms with van der Waals surface area (Å²) in [4.78, 5) is 8.23. The van der Waals surface area contributed by atoms with Crippen molar-refractivity contribution in [2.75, 3.05) is 11.9 Å². The van der Waals surface area contributed by atoms with E-state index in [9.17, 15) is 8.42 Å². The van der Waals surface area contributed by atoms with Crippen LogP contribution in [0, 0.1) is 23.7 Å². The molecular weight excluding hydrogens is 288 g/mol. The van der Waals surface area contributed by atoms with Crippen molar-refractivity contribution in [3.05, 3.63) is 12.4 Å². The van der Waals surface area contributed by atoms with Gasteiger partial charge in [0, 0.05) is 12.6 Å². The molecule has 4 rings (SSSR count). The van der Waals surface area contributed by atoms with E-state index in [1.165, 1.54) is 31.7 Å². The van der Waals surface area contributed by atoms with Gasteiger partial charge in [0.1, 0.15) is 4.90 Å². The summed E-state index contributed by atoms with van der Waals surface area (Å²) < 4.78 is 27.7. The lowest BCUT2D eigenvalue weighted by molar-refractivity contribution is 0.456. The van der Waals surface area contributed by atoms with Crippen LogP contribution in [0.15, 0.2) is 17.3 Å². The average molecular weight is 308 g/mol. The Hall–Kier alpha value is -1.21. The van der Waals surface area contributed by atoms with E-state index in [4.69, 9.17) is 0 Å². The Morgan fingerprint density at radius 3 is 2.38 bits per heavy atom. The molecule has 2 N–H and O–H groups in total. The van der Waals surface area contributed by atoms with Crippen molar-refractivity contribution >= 4 is 16.0 Å². The highest BCUT2D eigenvalue weighted by Gasteiger charge is 2.65. The maximum atomic E-state index is 12.4. The second-order valence-electron chi connectivity index (χ2n) is 6.41. The molecule has 1 aromatic rings. The van der Waals surface area contributed by atoms with Crippen LogP contribution in [0.3, 0.4) is 0 Å². The van der Waals surface area contributed by atoms with Gasteiger partial charge >= 0.3 is 0 Å². The molecule has 4 unspecified atom stereocenters. The van der Waals surface area contributed by atoms with E-state index >= 15 is 0 Å². The summed E-state index contributed by atoms with van der Waals surface area (Å²) in [5.41, 5.74) is 0. The molecule has 0 spiro atoms. The summed E-state index contributed by atoms with van der Waals surface area (Å²) in [7, 11) is -3.49. The fourth-order valence-corrected chi connectivity index (χ4v) is 5.63. The van der Waals surface area contributed by atoms with Crippen molar-refractivity contribution in [1.82, 2.24) is 14.7 Å². The van der Waals surface area contributed by atoms with Crippen LogP contribution in [0.4, 0.5) is 5.95 Å². The lowest BCUT2D eigenvalue weighted by atomic mass is 10.0. The van der Waals surface area contributed by atoms with Gasteiger partial charge < -0.3 is 5.32 Å². The normalized spacial score (nSPS) is 36.5. The summed E-state index contributed by atoms with van der Waals surface area (Å²) in [6.07, 6.45) is 6.63. The van der Waals surface area contributed by atoms with E-state index in [1.54, 1.807) is 0 Å². The second kappa shape index (κ2) is 4.64. The minimum absolute atomic E-state index is 0.148. The molecule has 0 amide bonds. The summed E-state index contributed by atoms with van der Waals surface area (Å²) in [5, 5.41) is 2.95. The molecule has 3 saturated carbocycles. The van der Waals surface area contributed by atoms with E-state index in [1.807, 2.05) is 6.92 Å². The number of hydrogen-bond acceptors (Lipinski definition) is 5. The number of nitrogens with one attached hydrogen (secondary N) is 2. The molecule has 0 aliphatic heterocycles. The maximum Gasteiger partial charge on any atom is 0.243 e. The highest BCUT2D eigenvalue weighted by Crippen LogP contribution is 2.65. The van der Waals surface area contributed by atoms with Crippen LogP contribution in [0.2, 0.25) is 0 Å². The van der Waals surface area contributed by atoms with Gasteiger partial charge in [-0.1, -0.05) is 0 Å². The van der Waals surface area contributed by atoms with E-state index < -0.39 is 10.0 Å². The molecule has 1 heterocycles. The standard InChI is InChI=1S/C14H20N4O2S/c1-2-15-14-16-6-10(7-17-14)21(19,20)18-13-11-8-3-4-9(5-8)12(11)13/h6-9,11-13,18H,2-5H2,1H3,(H,15,16,17). The highest BCUT2D eigenvalue weighted by molar-refractivity contribution is 7.89. The van der Waals surface area contributed by atoms with Crippen LogP contribution >= 0.6 is 0 Å². The van der Waals surface area contributed by atoms with Gasteiger partial charge in [-0.15, -0.1) is 0 Å². The zero-order valence-corrected chi connectivity index (χ0v) is 12.8. The molecule has 3 aliphatic rings. The second-order valence-corrected chi connectivity index (χ2v) is 8.12. The smallest absolute Gasteiger partial charge is 0.243 e. The lowest BCUT2D eigenvalue weighted by Gasteiger charge is -2.11. The van der Waals surface area contributed by atoms with Gasteiger partial charge in [-0.3, -0.25) is 0 Å². The highest BCUT2D eigenvalue weighted by atomic mass is 32.2. The molecule has 3 aliphatic carbocycles. The third kappa shape index (κ3) is 2.14. The van der Waals surface area contributed by atoms with Gasteiger partial charge in [-0.2, -0.15) is 0 Å². The molecule has 1 aromatic heterocycles. The maximum absolute atomic E-state index is 12.4. The molecule has 0 saturated heterocycles. The van der Waals surface area contributed by atoms with Gasteiger partial charge in [0.05, 0.1) is 12.4 Å². The van der Waals surface area contributed by atoms with E-state index in [0.29, 0.717) is 24.3 Å². The Morgan fingerprint density at radius 2 is 1.81 bits per heavy atom. The summed E-state index contributed by atoms with van der Waals surface area (Å²) >= 11 is 0. The Bertz CT molecular complexity index is 629. The first-order valence-electron chi connectivity index (χ1n) is 7.68. The lowest BCUT2D eigenvalue weighted by Crippen LogP contribution is -2.30. The minimum atomic E-state index is -3.49. The SMILES string of the molecule is CCNc1ncc(S(=O)(=O)NC2C3C4CCC(C4)C23)cn1. The van der Waals surface area contributed by atoms with Crippen LogP contribution in [0.25, 0.3) is 0 Å². The minimum Gasteiger partial charge on any atom is -0.355 e. The predicted molar refractivity (Wildman–Crippen MR) is 78.1 cm³/mol. The zero-order valence-electron chi connectivity index (χ0n) is 12.0. The first kappa shape index (κ1) is 13.5. The number of nitrogens with zero attached hydrogens (tertiary/aromatic N) is 2. The number of aromatic nitrogens is 2. The van der Waals surface area contributed by atoms with Gasteiger partial charge in [0.25, 0.3) is 0 Å². The number of hydrogen-bond donors (Lipinski definition) is 2. The Kier molecular flexibility index (Phi) is 2.97. The molecule has 21 heavy (non-hydrogen) atoms. The van der Waals surface area contributed by atoms with Crippen molar-refractivity contribution in [2.45, 2.75) is 37.1 Å². The van der Waals surface area contributed by atoms with Crippen LogP contribution in [0.1, 0.15) is 26.2 Å². The van der Waals surface area contributed by atoms with Crippen molar-refractivity contribution < 1.29 is 8.42 Å². The third-order valence-corrected chi connectivity index (χ3v) is 6.71. The molecule has 3 fully saturated rings. The largest absolute Gasteiger partial charge is 0.355 e. The first-order chi connectivity index (χ1) is 10.1. The van der Waals surface area contributed by atoms with Gasteiger partial charge in [0.15, 0.2) is 0 Å². The topological polar surface area (TPSA) is 84.0 Å². The number of sulfonamides is 1. The molecular formula is C14H20N4O2S. The van der Waals surface area contributed by atoms with Crippen molar-refractivity contribution in [3.8, 4) is 0 Å². The third-order valence-electron chi connectivity index (χ3n) is 5.30. The Morgan fingerprint density at radius 1 is 1.19 bits per heavy atom. The Balaban J connectivity index is 1.47. The first-order valence-corrected chi connectivity index (χ1v) is 9.16. The van der Waals surface area contributed by atoms with Crippen molar-refractivity contribution in [1.29, 1.82) is 0 Å². The fraction of sp³-hybridized carbons (Fsp3) is 0.714. The molecule has 4 atom stereocenters. The molecule has 7 heteroatoms. The van der Waals surface area contributed by atoms with Crippen LogP contribution in [0.5, 0.6) is 0 Å². The van der Waals surface area contributed by atoms with Crippen molar-refractivity contribution in [3.63, 3.8) is 0 Å². The number of fused-ring (bicyclic) bond motifs is 5. The quantitative estimate of drug-likeness (QED) is 0.855. The van der Waals surface area contributed by atoms with Crippen molar-refractivity contribution in [2.24, 2.45) is 23.7 Å².